The van der Waals surface area contributed by atoms with Crippen LogP contribution in [-0.2, 0) is 11.4 Å². The third-order valence-electron chi connectivity index (χ3n) is 1.60. The second kappa shape index (κ2) is 3.33. The molecule has 0 radical (unpaired) electrons. The van der Waals surface area contributed by atoms with Crippen molar-refractivity contribution in [1.29, 1.82) is 0 Å². The van der Waals surface area contributed by atoms with E-state index in [9.17, 15) is 0 Å². The van der Waals surface area contributed by atoms with Crippen molar-refractivity contribution in [3.63, 3.8) is 0 Å². The molecular weight excluding hydrogens is 192 g/mol. The van der Waals surface area contributed by atoms with E-state index in [2.05, 4.69) is 9.82 Å². The Morgan fingerprint density at radius 3 is 3.15 bits per heavy atom. The third kappa shape index (κ3) is 1.65. The van der Waals surface area contributed by atoms with Crippen molar-refractivity contribution in [2.24, 2.45) is 5.90 Å². The van der Waals surface area contributed by atoms with Crippen LogP contribution >= 0.6 is 11.6 Å². The first kappa shape index (κ1) is 8.50. The van der Waals surface area contributed by atoms with Gasteiger partial charge in [-0.2, -0.15) is 0 Å². The molecule has 0 saturated carbocycles. The number of aromatic nitrogens is 1. The van der Waals surface area contributed by atoms with Crippen LogP contribution in [0.15, 0.2) is 22.6 Å². The lowest BCUT2D eigenvalue weighted by Gasteiger charge is -1.87. The Hall–Kier alpha value is -1.10. The quantitative estimate of drug-likeness (QED) is 0.749. The zero-order valence-electron chi connectivity index (χ0n) is 6.66. The summed E-state index contributed by atoms with van der Waals surface area (Å²) < 4.78 is 5.29. The average Bonchev–Trinajstić information content (AvgIpc) is 2.46. The van der Waals surface area contributed by atoms with Crippen molar-refractivity contribution in [2.45, 2.75) is 6.61 Å². The molecule has 2 aromatic rings. The van der Waals surface area contributed by atoms with Crippen LogP contribution < -0.4 is 5.90 Å². The minimum absolute atomic E-state index is 0.159. The lowest BCUT2D eigenvalue weighted by molar-refractivity contribution is 0.106. The predicted octanol–water partition coefficient (Wildman–Crippen LogP) is 1.87. The Balaban J connectivity index is 2.49. The lowest BCUT2D eigenvalue weighted by atomic mass is 10.3. The van der Waals surface area contributed by atoms with Crippen LogP contribution in [-0.4, -0.2) is 4.98 Å². The Kier molecular flexibility index (Phi) is 2.18. The Labute approximate surface area is 79.2 Å². The summed E-state index contributed by atoms with van der Waals surface area (Å²) >= 11 is 5.77. The van der Waals surface area contributed by atoms with E-state index in [4.69, 9.17) is 21.9 Å². The summed E-state index contributed by atoms with van der Waals surface area (Å²) in [7, 11) is 0. The molecule has 1 aromatic heterocycles. The fraction of sp³-hybridized carbons (Fsp3) is 0.125. The molecule has 1 aromatic carbocycles. The molecule has 0 spiro atoms. The molecule has 5 heteroatoms. The highest BCUT2D eigenvalue weighted by molar-refractivity contribution is 6.31. The standard InChI is InChI=1S/C8H7ClN2O2/c9-5-1-2-7-6(3-5)11-8(13-7)4-12-10/h1-3H,4,10H2. The third-order valence-corrected chi connectivity index (χ3v) is 1.84. The number of rotatable bonds is 2. The van der Waals surface area contributed by atoms with Gasteiger partial charge in [0, 0.05) is 5.02 Å². The summed E-state index contributed by atoms with van der Waals surface area (Å²) in [6, 6.07) is 5.22. The van der Waals surface area contributed by atoms with Gasteiger partial charge in [-0.25, -0.2) is 10.9 Å². The minimum Gasteiger partial charge on any atom is -0.438 e. The number of hydrogen-bond donors (Lipinski definition) is 1. The zero-order chi connectivity index (χ0) is 9.26. The molecule has 1 heterocycles. The van der Waals surface area contributed by atoms with Gasteiger partial charge in [0.1, 0.15) is 12.1 Å². The van der Waals surface area contributed by atoms with E-state index in [1.54, 1.807) is 18.2 Å². The topological polar surface area (TPSA) is 61.3 Å². The summed E-state index contributed by atoms with van der Waals surface area (Å²) in [5.74, 6) is 5.33. The van der Waals surface area contributed by atoms with Gasteiger partial charge in [-0.15, -0.1) is 0 Å². The monoisotopic (exact) mass is 198 g/mol. The first-order chi connectivity index (χ1) is 6.29. The number of halogens is 1. The molecule has 0 atom stereocenters. The summed E-state index contributed by atoms with van der Waals surface area (Å²) in [6.45, 7) is 0.159. The van der Waals surface area contributed by atoms with E-state index in [1.165, 1.54) is 0 Å². The van der Waals surface area contributed by atoms with E-state index in [-0.39, 0.29) is 6.61 Å². The molecule has 2 N–H and O–H groups in total. The van der Waals surface area contributed by atoms with Gasteiger partial charge < -0.3 is 4.42 Å². The summed E-state index contributed by atoms with van der Waals surface area (Å²) in [4.78, 5) is 8.51. The number of hydrogen-bond acceptors (Lipinski definition) is 4. The van der Waals surface area contributed by atoms with Crippen molar-refractivity contribution in [3.8, 4) is 0 Å². The van der Waals surface area contributed by atoms with Crippen molar-refractivity contribution in [1.82, 2.24) is 4.98 Å². The highest BCUT2D eigenvalue weighted by atomic mass is 35.5. The average molecular weight is 199 g/mol. The van der Waals surface area contributed by atoms with Crippen LogP contribution in [0.25, 0.3) is 11.1 Å². The Bertz CT molecular complexity index is 427. The zero-order valence-corrected chi connectivity index (χ0v) is 7.41. The van der Waals surface area contributed by atoms with E-state index < -0.39 is 0 Å². The van der Waals surface area contributed by atoms with Gasteiger partial charge in [0.25, 0.3) is 0 Å². The molecule has 0 aliphatic heterocycles. The molecule has 2 rings (SSSR count). The maximum absolute atomic E-state index is 5.77. The maximum atomic E-state index is 5.77. The summed E-state index contributed by atoms with van der Waals surface area (Å²) in [6.07, 6.45) is 0. The number of benzene rings is 1. The van der Waals surface area contributed by atoms with Crippen LogP contribution in [0.5, 0.6) is 0 Å². The number of nitrogens with two attached hydrogens (primary N) is 1. The second-order valence-electron chi connectivity index (χ2n) is 2.53. The van der Waals surface area contributed by atoms with Crippen LogP contribution in [0.4, 0.5) is 0 Å². The van der Waals surface area contributed by atoms with Gasteiger partial charge in [0.05, 0.1) is 0 Å². The molecule has 0 aliphatic carbocycles. The minimum atomic E-state index is 0.159. The number of nitrogens with zero attached hydrogens (tertiary/aromatic N) is 1. The van der Waals surface area contributed by atoms with Crippen LogP contribution in [0.3, 0.4) is 0 Å². The van der Waals surface area contributed by atoms with Gasteiger partial charge in [-0.1, -0.05) is 11.6 Å². The molecular formula is C8H7ClN2O2. The first-order valence-electron chi connectivity index (χ1n) is 3.66. The SMILES string of the molecule is NOCc1nc2cc(Cl)ccc2o1. The van der Waals surface area contributed by atoms with Gasteiger partial charge in [0.2, 0.25) is 5.89 Å². The van der Waals surface area contributed by atoms with Crippen LogP contribution in [0.2, 0.25) is 5.02 Å². The van der Waals surface area contributed by atoms with Crippen molar-refractivity contribution in [3.05, 3.63) is 29.1 Å². The maximum Gasteiger partial charge on any atom is 0.223 e. The predicted molar refractivity (Wildman–Crippen MR) is 48.0 cm³/mol. The van der Waals surface area contributed by atoms with Gasteiger partial charge in [-0.05, 0) is 18.2 Å². The number of fused-ring (bicyclic) bond motifs is 1. The Morgan fingerprint density at radius 2 is 2.38 bits per heavy atom. The van der Waals surface area contributed by atoms with Crippen LogP contribution in [0, 0.1) is 0 Å². The highest BCUT2D eigenvalue weighted by Crippen LogP contribution is 2.19. The summed E-state index contributed by atoms with van der Waals surface area (Å²) in [5, 5.41) is 0.626. The molecule has 0 unspecified atom stereocenters. The normalized spacial score (nSPS) is 10.9. The fourth-order valence-corrected chi connectivity index (χ4v) is 1.25. The van der Waals surface area contributed by atoms with E-state index in [0.717, 1.165) is 0 Å². The van der Waals surface area contributed by atoms with Crippen molar-refractivity contribution in [2.75, 3.05) is 0 Å². The van der Waals surface area contributed by atoms with Crippen LogP contribution in [0.1, 0.15) is 5.89 Å². The lowest BCUT2D eigenvalue weighted by Crippen LogP contribution is -1.98. The first-order valence-corrected chi connectivity index (χ1v) is 4.04. The highest BCUT2D eigenvalue weighted by Gasteiger charge is 2.05. The van der Waals surface area contributed by atoms with Crippen molar-refractivity contribution < 1.29 is 9.25 Å². The van der Waals surface area contributed by atoms with E-state index in [1.807, 2.05) is 0 Å². The second-order valence-corrected chi connectivity index (χ2v) is 2.97. The van der Waals surface area contributed by atoms with Gasteiger partial charge >= 0.3 is 0 Å². The molecule has 0 saturated heterocycles. The van der Waals surface area contributed by atoms with E-state index in [0.29, 0.717) is 22.0 Å². The molecule has 13 heavy (non-hydrogen) atoms. The molecule has 0 fully saturated rings. The molecule has 0 aliphatic rings. The largest absolute Gasteiger partial charge is 0.438 e. The fourth-order valence-electron chi connectivity index (χ4n) is 1.08. The van der Waals surface area contributed by atoms with Gasteiger partial charge in [-0.3, -0.25) is 4.84 Å². The Morgan fingerprint density at radius 1 is 1.54 bits per heavy atom. The van der Waals surface area contributed by atoms with E-state index >= 15 is 0 Å². The van der Waals surface area contributed by atoms with Crippen molar-refractivity contribution >= 4 is 22.7 Å². The van der Waals surface area contributed by atoms with Gasteiger partial charge in [0.15, 0.2) is 5.58 Å². The number of oxazole rings is 1. The summed E-state index contributed by atoms with van der Waals surface area (Å²) in [5.41, 5.74) is 1.39. The molecule has 68 valence electrons. The molecule has 4 nitrogen and oxygen atoms in total. The molecule has 0 bridgehead atoms. The smallest absolute Gasteiger partial charge is 0.223 e. The molecule has 0 amide bonds.